The van der Waals surface area contributed by atoms with Gasteiger partial charge in [-0.1, -0.05) is 29.8 Å². The van der Waals surface area contributed by atoms with E-state index in [0.717, 1.165) is 42.8 Å². The minimum atomic E-state index is -0.181. The molecule has 2 aromatic heterocycles. The summed E-state index contributed by atoms with van der Waals surface area (Å²) in [6.45, 7) is 1.62. The molecule has 4 heterocycles. The van der Waals surface area contributed by atoms with E-state index in [1.807, 2.05) is 30.3 Å². The van der Waals surface area contributed by atoms with Gasteiger partial charge in [-0.05, 0) is 43.9 Å². The number of aromatic amines is 1. The summed E-state index contributed by atoms with van der Waals surface area (Å²) in [4.78, 5) is 33.8. The van der Waals surface area contributed by atoms with Crippen molar-refractivity contribution in [1.29, 1.82) is 0 Å². The first kappa shape index (κ1) is 20.0. The summed E-state index contributed by atoms with van der Waals surface area (Å²) < 4.78 is 0. The first-order valence-electron chi connectivity index (χ1n) is 10.7. The average Bonchev–Trinajstić information content (AvgIpc) is 3.05. The number of aromatic nitrogens is 3. The van der Waals surface area contributed by atoms with Crippen LogP contribution in [0.2, 0.25) is 5.02 Å². The minimum absolute atomic E-state index is 0.181. The summed E-state index contributed by atoms with van der Waals surface area (Å²) in [7, 11) is 0. The number of halogens is 1. The molecule has 1 aromatic carbocycles. The molecule has 2 fully saturated rings. The summed E-state index contributed by atoms with van der Waals surface area (Å²) in [5, 5.41) is 8.93. The Morgan fingerprint density at radius 3 is 2.55 bits per heavy atom. The lowest BCUT2D eigenvalue weighted by atomic mass is 10.1. The largest absolute Gasteiger partial charge is 0.352 e. The molecule has 5 rings (SSSR count). The van der Waals surface area contributed by atoms with Crippen LogP contribution in [0.15, 0.2) is 47.4 Å². The smallest absolute Gasteiger partial charge is 0.272 e. The first-order valence-corrected chi connectivity index (χ1v) is 11.1. The number of pyridine rings is 1. The number of nitrogens with zero attached hydrogens (tertiary/aromatic N) is 4. The molecule has 8 heteroatoms. The molecule has 2 aliphatic heterocycles. The van der Waals surface area contributed by atoms with Crippen LogP contribution in [0.25, 0.3) is 10.8 Å². The molecule has 2 atom stereocenters. The van der Waals surface area contributed by atoms with Crippen molar-refractivity contribution in [3.8, 4) is 0 Å². The van der Waals surface area contributed by atoms with Gasteiger partial charge in [-0.25, -0.2) is 10.1 Å². The first-order chi connectivity index (χ1) is 15.1. The number of hydrogen-bond donors (Lipinski definition) is 1. The van der Waals surface area contributed by atoms with Gasteiger partial charge in [0.1, 0.15) is 5.82 Å². The van der Waals surface area contributed by atoms with E-state index in [-0.39, 0.29) is 23.6 Å². The molecule has 31 heavy (non-hydrogen) atoms. The zero-order valence-electron chi connectivity index (χ0n) is 17.1. The van der Waals surface area contributed by atoms with Gasteiger partial charge in [0.25, 0.3) is 5.56 Å². The third-order valence-corrected chi connectivity index (χ3v) is 6.61. The number of aryl methyl sites for hydroxylation is 1. The van der Waals surface area contributed by atoms with E-state index in [9.17, 15) is 9.59 Å². The molecule has 2 bridgehead atoms. The Morgan fingerprint density at radius 2 is 1.84 bits per heavy atom. The highest BCUT2D eigenvalue weighted by Gasteiger charge is 2.42. The fraction of sp³-hybridized carbons (Fsp3) is 0.391. The number of rotatable bonds is 5. The lowest BCUT2D eigenvalue weighted by Gasteiger charge is -2.41. The average molecular weight is 438 g/mol. The number of anilines is 1. The number of amides is 1. The second kappa shape index (κ2) is 8.30. The van der Waals surface area contributed by atoms with Crippen molar-refractivity contribution in [2.45, 2.75) is 44.2 Å². The van der Waals surface area contributed by atoms with Crippen molar-refractivity contribution in [2.75, 3.05) is 18.0 Å². The Balaban J connectivity index is 1.22. The maximum absolute atomic E-state index is 13.1. The van der Waals surface area contributed by atoms with Crippen LogP contribution in [0.4, 0.5) is 5.82 Å². The highest BCUT2D eigenvalue weighted by atomic mass is 35.5. The summed E-state index contributed by atoms with van der Waals surface area (Å²) >= 11 is 5.96. The Hall–Kier alpha value is -2.93. The van der Waals surface area contributed by atoms with Crippen molar-refractivity contribution in [1.82, 2.24) is 20.1 Å². The second-order valence-corrected chi connectivity index (χ2v) is 8.76. The zero-order valence-corrected chi connectivity index (χ0v) is 17.9. The van der Waals surface area contributed by atoms with Crippen molar-refractivity contribution < 1.29 is 4.79 Å². The standard InChI is InChI=1S/C23H24ClN5O2/c24-15-8-11-21(25-12-15)28-13-16-9-10-17(14-28)29(16)22(30)7-3-6-20-18-4-1-2-5-19(18)23(31)27-26-20/h1-2,4-5,8,11-12,16-17H,3,6-7,9-10,13-14H2,(H,27,31). The molecule has 7 nitrogen and oxygen atoms in total. The van der Waals surface area contributed by atoms with Gasteiger partial charge < -0.3 is 9.80 Å². The van der Waals surface area contributed by atoms with Crippen LogP contribution < -0.4 is 10.5 Å². The molecular formula is C23H24ClN5O2. The van der Waals surface area contributed by atoms with Crippen LogP contribution in [-0.2, 0) is 11.2 Å². The number of carbonyl (C=O) groups is 1. The Kier molecular flexibility index (Phi) is 5.36. The molecule has 2 unspecified atom stereocenters. The van der Waals surface area contributed by atoms with E-state index in [1.54, 1.807) is 12.3 Å². The number of fused-ring (bicyclic) bond motifs is 3. The predicted octanol–water partition coefficient (Wildman–Crippen LogP) is 3.17. The van der Waals surface area contributed by atoms with Gasteiger partial charge in [0, 0.05) is 43.2 Å². The van der Waals surface area contributed by atoms with Gasteiger partial charge in [-0.2, -0.15) is 5.10 Å². The van der Waals surface area contributed by atoms with Gasteiger partial charge in [0.15, 0.2) is 0 Å². The third-order valence-electron chi connectivity index (χ3n) is 6.39. The van der Waals surface area contributed by atoms with Crippen LogP contribution >= 0.6 is 11.6 Å². The second-order valence-electron chi connectivity index (χ2n) is 8.32. The Bertz CT molecular complexity index is 1150. The molecular weight excluding hydrogens is 414 g/mol. The maximum atomic E-state index is 13.1. The van der Waals surface area contributed by atoms with Crippen molar-refractivity contribution in [3.63, 3.8) is 0 Å². The molecule has 2 aliphatic rings. The Morgan fingerprint density at radius 1 is 1.10 bits per heavy atom. The van der Waals surface area contributed by atoms with E-state index in [4.69, 9.17) is 11.6 Å². The lowest BCUT2D eigenvalue weighted by molar-refractivity contribution is -0.134. The normalized spacial score (nSPS) is 20.4. The van der Waals surface area contributed by atoms with E-state index >= 15 is 0 Å². The van der Waals surface area contributed by atoms with Crippen LogP contribution in [0.1, 0.15) is 31.4 Å². The van der Waals surface area contributed by atoms with Crippen molar-refractivity contribution >= 4 is 34.1 Å². The minimum Gasteiger partial charge on any atom is -0.352 e. The molecule has 1 N–H and O–H groups in total. The van der Waals surface area contributed by atoms with Crippen LogP contribution in [0.5, 0.6) is 0 Å². The highest BCUT2D eigenvalue weighted by molar-refractivity contribution is 6.30. The zero-order chi connectivity index (χ0) is 21.4. The summed E-state index contributed by atoms with van der Waals surface area (Å²) in [5.74, 6) is 1.13. The molecule has 0 radical (unpaired) electrons. The van der Waals surface area contributed by atoms with Crippen molar-refractivity contribution in [3.05, 3.63) is 63.7 Å². The molecule has 3 aromatic rings. The molecule has 1 amide bonds. The third kappa shape index (κ3) is 3.90. The van der Waals surface area contributed by atoms with E-state index < -0.39 is 0 Å². The highest BCUT2D eigenvalue weighted by Crippen LogP contribution is 2.33. The summed E-state index contributed by atoms with van der Waals surface area (Å²) in [6, 6.07) is 11.7. The quantitative estimate of drug-likeness (QED) is 0.663. The summed E-state index contributed by atoms with van der Waals surface area (Å²) in [5.41, 5.74) is 0.657. The number of hydrogen-bond acceptors (Lipinski definition) is 5. The number of piperazine rings is 1. The van der Waals surface area contributed by atoms with Gasteiger partial charge in [0.05, 0.1) is 16.1 Å². The topological polar surface area (TPSA) is 82.2 Å². The van der Waals surface area contributed by atoms with Gasteiger partial charge in [0.2, 0.25) is 5.91 Å². The lowest BCUT2D eigenvalue weighted by Crippen LogP contribution is -2.56. The predicted molar refractivity (Wildman–Crippen MR) is 120 cm³/mol. The maximum Gasteiger partial charge on any atom is 0.272 e. The van der Waals surface area contributed by atoms with E-state index in [1.165, 1.54) is 0 Å². The Labute approximate surface area is 185 Å². The molecule has 0 aliphatic carbocycles. The molecule has 2 saturated heterocycles. The van der Waals surface area contributed by atoms with E-state index in [0.29, 0.717) is 29.7 Å². The number of carbonyl (C=O) groups excluding carboxylic acids is 1. The summed E-state index contributed by atoms with van der Waals surface area (Å²) in [6.07, 6.45) is 5.60. The molecule has 0 saturated carbocycles. The SMILES string of the molecule is O=C(CCCc1n[nH]c(=O)c2ccccc12)N1C2CCC1CN(c1ccc(Cl)cn1)C2. The van der Waals surface area contributed by atoms with Crippen molar-refractivity contribution in [2.24, 2.45) is 0 Å². The van der Waals surface area contributed by atoms with Crippen LogP contribution in [0.3, 0.4) is 0 Å². The number of H-pyrrole nitrogens is 1. The molecule has 160 valence electrons. The fourth-order valence-electron chi connectivity index (χ4n) is 4.95. The monoisotopic (exact) mass is 437 g/mol. The van der Waals surface area contributed by atoms with Gasteiger partial charge >= 0.3 is 0 Å². The van der Waals surface area contributed by atoms with E-state index in [2.05, 4.69) is 25.0 Å². The molecule has 0 spiro atoms. The fourth-order valence-corrected chi connectivity index (χ4v) is 5.06. The number of nitrogens with one attached hydrogen (secondary N) is 1. The van der Waals surface area contributed by atoms with Crippen LogP contribution in [0, 0.1) is 0 Å². The van der Waals surface area contributed by atoms with Gasteiger partial charge in [-0.3, -0.25) is 9.59 Å². The van der Waals surface area contributed by atoms with Gasteiger partial charge in [-0.15, -0.1) is 0 Å². The number of benzene rings is 1. The van der Waals surface area contributed by atoms with Crippen LogP contribution in [-0.4, -0.2) is 51.2 Å².